The number of aromatic hydroxyl groups is 2. The van der Waals surface area contributed by atoms with E-state index >= 15 is 0 Å². The predicted molar refractivity (Wildman–Crippen MR) is 144 cm³/mol. The molecule has 0 amide bonds. The molecule has 0 spiro atoms. The van der Waals surface area contributed by atoms with Crippen molar-refractivity contribution < 1.29 is 10.2 Å². The summed E-state index contributed by atoms with van der Waals surface area (Å²) in [7, 11) is 0. The lowest BCUT2D eigenvalue weighted by Crippen LogP contribution is -2.34. The summed E-state index contributed by atoms with van der Waals surface area (Å²) in [6.45, 7) is 9.74. The van der Waals surface area contributed by atoms with Crippen molar-refractivity contribution in [3.8, 4) is 22.6 Å². The average molecular weight is 518 g/mol. The van der Waals surface area contributed by atoms with Gasteiger partial charge < -0.3 is 10.2 Å². The predicted octanol–water partition coefficient (Wildman–Crippen LogP) is 7.56. The highest BCUT2D eigenvalue weighted by atomic mass is 79.9. The molecule has 1 unspecified atom stereocenters. The number of phenols is 2. The fraction of sp³-hybridized carbons (Fsp3) is 0.267. The number of hydrogen-bond donors (Lipinski definition) is 2. The average Bonchev–Trinajstić information content (AvgIpc) is 2.84. The molecule has 3 nitrogen and oxygen atoms in total. The Hall–Kier alpha value is -2.82. The molecule has 4 rings (SSSR count). The molecule has 1 fully saturated rings. The van der Waals surface area contributed by atoms with Gasteiger partial charge in [-0.1, -0.05) is 52.7 Å². The quantitative estimate of drug-likeness (QED) is 0.303. The van der Waals surface area contributed by atoms with Gasteiger partial charge in [0, 0.05) is 21.2 Å². The molecule has 1 aliphatic heterocycles. The van der Waals surface area contributed by atoms with Crippen molar-refractivity contribution in [2.75, 3.05) is 13.1 Å². The van der Waals surface area contributed by atoms with Crippen LogP contribution in [0.4, 0.5) is 0 Å². The maximum absolute atomic E-state index is 11.7. The van der Waals surface area contributed by atoms with Gasteiger partial charge in [-0.15, -0.1) is 13.2 Å². The van der Waals surface area contributed by atoms with Crippen LogP contribution in [0, 0.1) is 0 Å². The van der Waals surface area contributed by atoms with Gasteiger partial charge in [0.2, 0.25) is 0 Å². The third-order valence-corrected chi connectivity index (χ3v) is 7.08. The molecule has 1 atom stereocenters. The molecule has 176 valence electrons. The molecule has 4 heteroatoms. The Morgan fingerprint density at radius 3 is 2.15 bits per heavy atom. The summed E-state index contributed by atoms with van der Waals surface area (Å²) in [5.41, 5.74) is 5.40. The molecule has 1 saturated heterocycles. The largest absolute Gasteiger partial charge is 0.507 e. The Labute approximate surface area is 211 Å². The van der Waals surface area contributed by atoms with Crippen LogP contribution in [0.3, 0.4) is 0 Å². The van der Waals surface area contributed by atoms with Gasteiger partial charge in [-0.25, -0.2) is 0 Å². The molecule has 1 aliphatic rings. The third-order valence-electron chi connectivity index (χ3n) is 6.55. The Bertz CT molecular complexity index is 1160. The van der Waals surface area contributed by atoms with Crippen LogP contribution in [0.15, 0.2) is 84.4 Å². The number of rotatable bonds is 8. The van der Waals surface area contributed by atoms with E-state index < -0.39 is 0 Å². The highest BCUT2D eigenvalue weighted by Crippen LogP contribution is 2.44. The van der Waals surface area contributed by atoms with Gasteiger partial charge in [-0.05, 0) is 91.9 Å². The van der Waals surface area contributed by atoms with E-state index in [1.165, 1.54) is 6.42 Å². The summed E-state index contributed by atoms with van der Waals surface area (Å²) in [5.74, 6) is 0.375. The van der Waals surface area contributed by atoms with Crippen LogP contribution >= 0.6 is 15.9 Å². The summed E-state index contributed by atoms with van der Waals surface area (Å²) in [6.07, 6.45) is 8.64. The lowest BCUT2D eigenvalue weighted by atomic mass is 9.88. The zero-order chi connectivity index (χ0) is 24.1. The van der Waals surface area contributed by atoms with Gasteiger partial charge in [-0.2, -0.15) is 0 Å². The molecule has 3 aromatic rings. The molecule has 3 aromatic carbocycles. The first-order valence-corrected chi connectivity index (χ1v) is 12.7. The van der Waals surface area contributed by atoms with E-state index in [4.69, 9.17) is 0 Å². The zero-order valence-corrected chi connectivity index (χ0v) is 21.1. The summed E-state index contributed by atoms with van der Waals surface area (Å²) in [6, 6.07) is 17.9. The molecule has 0 saturated carbocycles. The zero-order valence-electron chi connectivity index (χ0n) is 19.5. The smallest absolute Gasteiger partial charge is 0.128 e. The normalized spacial score (nSPS) is 15.1. The minimum Gasteiger partial charge on any atom is -0.507 e. The molecular weight excluding hydrogens is 486 g/mol. The van der Waals surface area contributed by atoms with Crippen molar-refractivity contribution in [2.45, 2.75) is 38.1 Å². The molecule has 2 N–H and O–H groups in total. The highest BCUT2D eigenvalue weighted by Gasteiger charge is 2.28. The summed E-state index contributed by atoms with van der Waals surface area (Å²) >= 11 is 3.55. The summed E-state index contributed by atoms with van der Waals surface area (Å²) in [4.78, 5) is 2.47. The van der Waals surface area contributed by atoms with Crippen molar-refractivity contribution >= 4 is 15.9 Å². The maximum Gasteiger partial charge on any atom is 0.128 e. The van der Waals surface area contributed by atoms with Crippen molar-refractivity contribution in [3.05, 3.63) is 107 Å². The maximum atomic E-state index is 11.7. The second-order valence-corrected chi connectivity index (χ2v) is 9.88. The molecule has 0 aromatic heterocycles. The lowest BCUT2D eigenvalue weighted by Gasteiger charge is -2.36. The topological polar surface area (TPSA) is 43.7 Å². The minimum atomic E-state index is -0.0737. The molecule has 0 radical (unpaired) electrons. The van der Waals surface area contributed by atoms with E-state index in [-0.39, 0.29) is 17.5 Å². The Morgan fingerprint density at radius 1 is 0.824 bits per heavy atom. The van der Waals surface area contributed by atoms with Gasteiger partial charge in [-0.3, -0.25) is 4.90 Å². The van der Waals surface area contributed by atoms with Gasteiger partial charge in [0.1, 0.15) is 11.5 Å². The number of phenolic OH excluding ortho intramolecular Hbond substituents is 2. The number of benzene rings is 3. The van der Waals surface area contributed by atoms with E-state index in [1.807, 2.05) is 30.4 Å². The van der Waals surface area contributed by atoms with Gasteiger partial charge >= 0.3 is 0 Å². The van der Waals surface area contributed by atoms with Gasteiger partial charge in [0.05, 0.1) is 6.04 Å². The highest BCUT2D eigenvalue weighted by molar-refractivity contribution is 9.10. The van der Waals surface area contributed by atoms with E-state index in [9.17, 15) is 10.2 Å². The van der Waals surface area contributed by atoms with Crippen LogP contribution in [-0.2, 0) is 12.8 Å². The molecule has 1 heterocycles. The molecule has 34 heavy (non-hydrogen) atoms. The van der Waals surface area contributed by atoms with Gasteiger partial charge in [0.15, 0.2) is 0 Å². The van der Waals surface area contributed by atoms with Crippen molar-refractivity contribution in [2.24, 2.45) is 0 Å². The first-order chi connectivity index (χ1) is 16.5. The van der Waals surface area contributed by atoms with Crippen molar-refractivity contribution in [1.29, 1.82) is 0 Å². The summed E-state index contributed by atoms with van der Waals surface area (Å²) < 4.78 is 1.03. The fourth-order valence-electron chi connectivity index (χ4n) is 4.92. The number of piperidine rings is 1. The summed E-state index contributed by atoms with van der Waals surface area (Å²) in [5, 5.41) is 22.5. The van der Waals surface area contributed by atoms with Crippen LogP contribution in [0.2, 0.25) is 0 Å². The number of allylic oxidation sites excluding steroid dienone is 2. The Balaban J connectivity index is 1.92. The first kappa shape index (κ1) is 24.3. The van der Waals surface area contributed by atoms with Crippen molar-refractivity contribution in [1.82, 2.24) is 4.90 Å². The van der Waals surface area contributed by atoms with Crippen LogP contribution in [0.5, 0.6) is 11.5 Å². The number of hydrogen-bond acceptors (Lipinski definition) is 3. The third kappa shape index (κ3) is 5.29. The molecule has 0 aliphatic carbocycles. The number of nitrogens with zero attached hydrogens (tertiary/aromatic N) is 1. The Morgan fingerprint density at radius 2 is 1.47 bits per heavy atom. The van der Waals surface area contributed by atoms with E-state index in [1.54, 1.807) is 6.07 Å². The Kier molecular flexibility index (Phi) is 7.91. The van der Waals surface area contributed by atoms with Crippen molar-refractivity contribution in [3.63, 3.8) is 0 Å². The standard InChI is InChI=1S/C30H32BrNO2/c1-3-8-21-10-15-28(33)25(18-21)26-19-22(9-4-2)20-27(30(26)34)29(32-16-6-5-7-17-32)23-11-13-24(31)14-12-23/h3-4,10-15,18-20,29,33-34H,1-2,5-9,16-17H2. The van der Waals surface area contributed by atoms with Crippen LogP contribution in [-0.4, -0.2) is 28.2 Å². The van der Waals surface area contributed by atoms with E-state index in [0.717, 1.165) is 52.7 Å². The van der Waals surface area contributed by atoms with Crippen LogP contribution < -0.4 is 0 Å². The first-order valence-electron chi connectivity index (χ1n) is 11.9. The lowest BCUT2D eigenvalue weighted by molar-refractivity contribution is 0.185. The molecular formula is C30H32BrNO2. The second-order valence-electron chi connectivity index (χ2n) is 8.97. The molecule has 0 bridgehead atoms. The number of likely N-dealkylation sites (tertiary alicyclic amines) is 1. The SMILES string of the molecule is C=CCc1ccc(O)c(-c2cc(CC=C)cc(C(c3ccc(Br)cc3)N3CCCCC3)c2O)c1. The van der Waals surface area contributed by atoms with Crippen LogP contribution in [0.1, 0.15) is 47.6 Å². The fourth-order valence-corrected chi connectivity index (χ4v) is 5.18. The monoisotopic (exact) mass is 517 g/mol. The van der Waals surface area contributed by atoms with Gasteiger partial charge in [0.25, 0.3) is 0 Å². The minimum absolute atomic E-state index is 0.0737. The van der Waals surface area contributed by atoms with E-state index in [2.05, 4.69) is 64.3 Å². The van der Waals surface area contributed by atoms with Crippen LogP contribution in [0.25, 0.3) is 11.1 Å². The van der Waals surface area contributed by atoms with E-state index in [0.29, 0.717) is 24.0 Å². The number of halogens is 1. The second kappa shape index (κ2) is 11.1.